The van der Waals surface area contributed by atoms with Crippen LogP contribution in [0.15, 0.2) is 12.1 Å². The first kappa shape index (κ1) is 17.6. The van der Waals surface area contributed by atoms with Crippen LogP contribution < -0.4 is 4.74 Å². The lowest BCUT2D eigenvalue weighted by molar-refractivity contribution is -0.131. The number of carbonyl (C=O) groups excluding carboxylic acids is 1. The van der Waals surface area contributed by atoms with E-state index >= 15 is 0 Å². The number of aryl methyl sites for hydroxylation is 2. The average molecular weight is 351 g/mol. The highest BCUT2D eigenvalue weighted by Crippen LogP contribution is 2.62. The molecule has 0 bridgehead atoms. The van der Waals surface area contributed by atoms with E-state index in [4.69, 9.17) is 4.74 Å². The summed E-state index contributed by atoms with van der Waals surface area (Å²) in [6.07, 6.45) is 7.82. The number of fused-ring (bicyclic) bond motifs is 5. The fourth-order valence-electron chi connectivity index (χ4n) is 6.38. The van der Waals surface area contributed by atoms with E-state index in [1.54, 1.807) is 0 Å². The standard InChI is InChI=1S/C23H29NO2/c1-4-15-11-20-16(12-22(15)26-14(2)25)5-7-19-18(20)9-10-23(3)17(13-24)6-8-21(19)23/h11-12,17-19,21H,4-10H2,1-3H3/t17?,18-,19+,21-,23+/m0/s1. The van der Waals surface area contributed by atoms with E-state index in [-0.39, 0.29) is 17.3 Å². The van der Waals surface area contributed by atoms with Crippen molar-refractivity contribution in [3.05, 3.63) is 28.8 Å². The first-order valence-electron chi connectivity index (χ1n) is 10.2. The first-order valence-corrected chi connectivity index (χ1v) is 10.2. The van der Waals surface area contributed by atoms with Crippen LogP contribution in [0.25, 0.3) is 0 Å². The fourth-order valence-corrected chi connectivity index (χ4v) is 6.38. The highest BCUT2D eigenvalue weighted by atomic mass is 16.5. The van der Waals surface area contributed by atoms with Gasteiger partial charge in [0.25, 0.3) is 0 Å². The number of rotatable bonds is 2. The predicted molar refractivity (Wildman–Crippen MR) is 101 cm³/mol. The van der Waals surface area contributed by atoms with Gasteiger partial charge in [0.15, 0.2) is 0 Å². The molecule has 0 radical (unpaired) electrons. The van der Waals surface area contributed by atoms with Gasteiger partial charge in [0.2, 0.25) is 0 Å². The van der Waals surface area contributed by atoms with Crippen LogP contribution in [0.4, 0.5) is 0 Å². The van der Waals surface area contributed by atoms with Crippen molar-refractivity contribution in [2.75, 3.05) is 0 Å². The Morgan fingerprint density at radius 3 is 2.81 bits per heavy atom. The lowest BCUT2D eigenvalue weighted by Gasteiger charge is -2.50. The minimum Gasteiger partial charge on any atom is -0.426 e. The van der Waals surface area contributed by atoms with Crippen molar-refractivity contribution in [3.8, 4) is 11.8 Å². The van der Waals surface area contributed by atoms with Crippen molar-refractivity contribution in [2.24, 2.45) is 23.2 Å². The average Bonchev–Trinajstić information content (AvgIpc) is 2.96. The zero-order chi connectivity index (χ0) is 18.5. The van der Waals surface area contributed by atoms with Gasteiger partial charge < -0.3 is 4.74 Å². The Morgan fingerprint density at radius 2 is 2.12 bits per heavy atom. The maximum Gasteiger partial charge on any atom is 0.308 e. The van der Waals surface area contributed by atoms with Crippen LogP contribution in [0.1, 0.15) is 75.5 Å². The van der Waals surface area contributed by atoms with Crippen LogP contribution in [-0.2, 0) is 17.6 Å². The van der Waals surface area contributed by atoms with Gasteiger partial charge in [-0.1, -0.05) is 19.9 Å². The second kappa shape index (κ2) is 6.41. The summed E-state index contributed by atoms with van der Waals surface area (Å²) in [5.41, 5.74) is 4.24. The van der Waals surface area contributed by atoms with Gasteiger partial charge in [-0.05, 0) is 90.9 Å². The maximum atomic E-state index is 11.4. The Hall–Kier alpha value is -1.82. The molecule has 26 heavy (non-hydrogen) atoms. The maximum absolute atomic E-state index is 11.4. The molecule has 1 aromatic carbocycles. The van der Waals surface area contributed by atoms with Crippen molar-refractivity contribution in [3.63, 3.8) is 0 Å². The second-order valence-electron chi connectivity index (χ2n) is 8.82. The van der Waals surface area contributed by atoms with E-state index in [1.807, 2.05) is 0 Å². The molecule has 0 heterocycles. The lowest BCUT2D eigenvalue weighted by atomic mass is 9.54. The third-order valence-corrected chi connectivity index (χ3v) is 7.70. The Bertz CT molecular complexity index is 777. The third kappa shape index (κ3) is 2.57. The zero-order valence-corrected chi connectivity index (χ0v) is 16.2. The van der Waals surface area contributed by atoms with Crippen molar-refractivity contribution in [1.29, 1.82) is 5.26 Å². The van der Waals surface area contributed by atoms with Crippen LogP contribution in [0.5, 0.6) is 5.75 Å². The Kier molecular flexibility index (Phi) is 4.34. The molecule has 138 valence electrons. The highest BCUT2D eigenvalue weighted by Gasteiger charge is 2.54. The molecule has 2 saturated carbocycles. The van der Waals surface area contributed by atoms with Gasteiger partial charge in [-0.25, -0.2) is 0 Å². The van der Waals surface area contributed by atoms with Crippen molar-refractivity contribution >= 4 is 5.97 Å². The SMILES string of the molecule is CCc1cc2c(cc1OC(C)=O)CC[C@@H]1[C@@H]2CC[C@]2(C)C(C#N)CC[C@@H]12. The van der Waals surface area contributed by atoms with Crippen LogP contribution >= 0.6 is 0 Å². The van der Waals surface area contributed by atoms with Gasteiger partial charge in [-0.3, -0.25) is 4.79 Å². The van der Waals surface area contributed by atoms with Gasteiger partial charge in [-0.15, -0.1) is 0 Å². The van der Waals surface area contributed by atoms with Gasteiger partial charge in [0.1, 0.15) is 5.75 Å². The second-order valence-corrected chi connectivity index (χ2v) is 8.82. The number of nitriles is 1. The third-order valence-electron chi connectivity index (χ3n) is 7.70. The van der Waals surface area contributed by atoms with Crippen molar-refractivity contribution in [1.82, 2.24) is 0 Å². The van der Waals surface area contributed by atoms with Gasteiger partial charge in [0.05, 0.1) is 12.0 Å². The van der Waals surface area contributed by atoms with Gasteiger partial charge >= 0.3 is 5.97 Å². The zero-order valence-electron chi connectivity index (χ0n) is 16.2. The lowest BCUT2D eigenvalue weighted by Crippen LogP contribution is -2.42. The molecule has 4 rings (SSSR count). The van der Waals surface area contributed by atoms with Crippen LogP contribution in [0, 0.1) is 34.5 Å². The van der Waals surface area contributed by atoms with E-state index in [0.717, 1.165) is 30.6 Å². The normalized spacial score (nSPS) is 35.0. The van der Waals surface area contributed by atoms with E-state index in [2.05, 4.69) is 32.0 Å². The van der Waals surface area contributed by atoms with Gasteiger partial charge in [0, 0.05) is 6.92 Å². The quantitative estimate of drug-likeness (QED) is 0.545. The first-order chi connectivity index (χ1) is 12.5. The smallest absolute Gasteiger partial charge is 0.308 e. The highest BCUT2D eigenvalue weighted by molar-refractivity contribution is 5.70. The number of carbonyl (C=O) groups is 1. The summed E-state index contributed by atoms with van der Waals surface area (Å²) >= 11 is 0. The van der Waals surface area contributed by atoms with E-state index in [1.165, 1.54) is 43.7 Å². The summed E-state index contributed by atoms with van der Waals surface area (Å²) < 4.78 is 5.48. The number of esters is 1. The summed E-state index contributed by atoms with van der Waals surface area (Å²) in [4.78, 5) is 11.4. The molecule has 3 nitrogen and oxygen atoms in total. The molecule has 0 aliphatic heterocycles. The van der Waals surface area contributed by atoms with E-state index in [9.17, 15) is 10.1 Å². The summed E-state index contributed by atoms with van der Waals surface area (Å²) in [5, 5.41) is 9.60. The molecule has 1 unspecified atom stereocenters. The van der Waals surface area contributed by atoms with Crippen LogP contribution in [0.2, 0.25) is 0 Å². The van der Waals surface area contributed by atoms with Crippen LogP contribution in [-0.4, -0.2) is 5.97 Å². The van der Waals surface area contributed by atoms with Crippen molar-refractivity contribution < 1.29 is 9.53 Å². The molecule has 0 amide bonds. The minimum atomic E-state index is -0.240. The molecule has 5 atom stereocenters. The topological polar surface area (TPSA) is 50.1 Å². The Balaban J connectivity index is 1.69. The van der Waals surface area contributed by atoms with Crippen LogP contribution in [0.3, 0.4) is 0 Å². The minimum absolute atomic E-state index is 0.221. The summed E-state index contributed by atoms with van der Waals surface area (Å²) in [6, 6.07) is 7.07. The molecule has 0 spiro atoms. The summed E-state index contributed by atoms with van der Waals surface area (Å²) in [6.45, 7) is 5.98. The number of benzene rings is 1. The number of hydrogen-bond acceptors (Lipinski definition) is 3. The molecular formula is C23H29NO2. The number of ether oxygens (including phenoxy) is 1. The molecule has 3 aliphatic carbocycles. The molecule has 0 N–H and O–H groups in total. The largest absolute Gasteiger partial charge is 0.426 e. The van der Waals surface area contributed by atoms with Gasteiger partial charge in [-0.2, -0.15) is 5.26 Å². The Morgan fingerprint density at radius 1 is 1.31 bits per heavy atom. The number of nitrogens with zero attached hydrogens (tertiary/aromatic N) is 1. The predicted octanol–water partition coefficient (Wildman–Crippen LogP) is 5.17. The molecule has 0 aromatic heterocycles. The monoisotopic (exact) mass is 351 g/mol. The molecule has 1 aromatic rings. The van der Waals surface area contributed by atoms with E-state index in [0.29, 0.717) is 17.8 Å². The molecule has 3 aliphatic rings. The number of hydrogen-bond donors (Lipinski definition) is 0. The molecular weight excluding hydrogens is 322 g/mol. The molecule has 2 fully saturated rings. The van der Waals surface area contributed by atoms with E-state index < -0.39 is 0 Å². The fraction of sp³-hybridized carbons (Fsp3) is 0.652. The molecule has 3 heteroatoms. The summed E-state index contributed by atoms with van der Waals surface area (Å²) in [7, 11) is 0. The molecule has 0 saturated heterocycles. The summed E-state index contributed by atoms with van der Waals surface area (Å²) in [5.74, 6) is 2.78. The Labute approximate surface area is 156 Å². The van der Waals surface area contributed by atoms with Crippen molar-refractivity contribution in [2.45, 2.75) is 71.6 Å².